The van der Waals surface area contributed by atoms with Crippen LogP contribution in [0.25, 0.3) is 0 Å². The Kier molecular flexibility index (Phi) is 3.67. The third-order valence-corrected chi connectivity index (χ3v) is 2.69. The molecule has 1 aromatic carbocycles. The number of aryl methyl sites for hydroxylation is 1. The smallest absolute Gasteiger partial charge is 0.164 e. The van der Waals surface area contributed by atoms with Crippen LogP contribution in [0.5, 0.6) is 11.5 Å². The molecule has 0 heterocycles. The number of aliphatic hydroxyl groups is 1. The second kappa shape index (κ2) is 5.21. The number of ether oxygens (including phenoxy) is 2. The molecule has 0 aromatic heterocycles. The van der Waals surface area contributed by atoms with Gasteiger partial charge >= 0.3 is 0 Å². The summed E-state index contributed by atoms with van der Waals surface area (Å²) in [5, 5.41) is 8.87. The van der Waals surface area contributed by atoms with Gasteiger partial charge in [0, 0.05) is 6.61 Å². The van der Waals surface area contributed by atoms with Crippen LogP contribution in [0.1, 0.15) is 24.8 Å². The van der Waals surface area contributed by atoms with E-state index in [9.17, 15) is 0 Å². The third kappa shape index (κ3) is 2.67. The van der Waals surface area contributed by atoms with Crippen LogP contribution in [0.4, 0.5) is 0 Å². The Morgan fingerprint density at radius 3 is 2.81 bits per heavy atom. The van der Waals surface area contributed by atoms with E-state index in [1.54, 1.807) is 7.11 Å². The van der Waals surface area contributed by atoms with E-state index >= 15 is 0 Å². The molecule has 0 atom stereocenters. The van der Waals surface area contributed by atoms with E-state index < -0.39 is 0 Å². The van der Waals surface area contributed by atoms with Gasteiger partial charge in [-0.1, -0.05) is 12.1 Å². The van der Waals surface area contributed by atoms with Gasteiger partial charge in [0.2, 0.25) is 0 Å². The summed E-state index contributed by atoms with van der Waals surface area (Å²) in [5.74, 6) is 1.66. The predicted molar refractivity (Wildman–Crippen MR) is 62.1 cm³/mol. The van der Waals surface area contributed by atoms with Crippen molar-refractivity contribution in [1.29, 1.82) is 0 Å². The maximum absolute atomic E-state index is 8.87. The molecule has 3 nitrogen and oxygen atoms in total. The third-order valence-electron chi connectivity index (χ3n) is 2.69. The van der Waals surface area contributed by atoms with Crippen LogP contribution in [0, 0.1) is 0 Å². The maximum atomic E-state index is 8.87. The first-order valence-electron chi connectivity index (χ1n) is 5.78. The molecule has 0 spiro atoms. The first kappa shape index (κ1) is 11.3. The SMILES string of the molecule is COc1cccc(CCCO)c1OC1CC1. The molecule has 0 aliphatic heterocycles. The lowest BCUT2D eigenvalue weighted by Gasteiger charge is -2.14. The molecule has 1 aliphatic carbocycles. The highest BCUT2D eigenvalue weighted by atomic mass is 16.5. The van der Waals surface area contributed by atoms with E-state index in [4.69, 9.17) is 14.6 Å². The van der Waals surface area contributed by atoms with E-state index in [2.05, 4.69) is 0 Å². The minimum atomic E-state index is 0.208. The molecule has 16 heavy (non-hydrogen) atoms. The van der Waals surface area contributed by atoms with Gasteiger partial charge in [0.05, 0.1) is 13.2 Å². The summed E-state index contributed by atoms with van der Waals surface area (Å²) in [6, 6.07) is 5.92. The Morgan fingerprint density at radius 1 is 1.38 bits per heavy atom. The topological polar surface area (TPSA) is 38.7 Å². The molecule has 0 radical (unpaired) electrons. The molecule has 1 aliphatic rings. The molecule has 0 bridgehead atoms. The van der Waals surface area contributed by atoms with E-state index in [-0.39, 0.29) is 6.61 Å². The van der Waals surface area contributed by atoms with Gasteiger partial charge < -0.3 is 14.6 Å². The number of aliphatic hydroxyl groups excluding tert-OH is 1. The average Bonchev–Trinajstić information content (AvgIpc) is 3.11. The minimum absolute atomic E-state index is 0.208. The van der Waals surface area contributed by atoms with Crippen molar-refractivity contribution in [1.82, 2.24) is 0 Å². The molecule has 1 N–H and O–H groups in total. The van der Waals surface area contributed by atoms with Crippen molar-refractivity contribution in [3.63, 3.8) is 0 Å². The summed E-state index contributed by atoms with van der Waals surface area (Å²) in [5.41, 5.74) is 1.13. The van der Waals surface area contributed by atoms with E-state index in [1.165, 1.54) is 0 Å². The van der Waals surface area contributed by atoms with Crippen molar-refractivity contribution in [3.05, 3.63) is 23.8 Å². The monoisotopic (exact) mass is 222 g/mol. The summed E-state index contributed by atoms with van der Waals surface area (Å²) in [7, 11) is 1.66. The Balaban J connectivity index is 2.18. The first-order chi connectivity index (χ1) is 7.85. The lowest BCUT2D eigenvalue weighted by molar-refractivity contribution is 0.272. The van der Waals surface area contributed by atoms with E-state index in [1.807, 2.05) is 18.2 Å². The fraction of sp³-hybridized carbons (Fsp3) is 0.538. The average molecular weight is 222 g/mol. The molecule has 0 saturated heterocycles. The predicted octanol–water partition coefficient (Wildman–Crippen LogP) is 2.16. The van der Waals surface area contributed by atoms with Crippen molar-refractivity contribution in [2.75, 3.05) is 13.7 Å². The number of benzene rings is 1. The maximum Gasteiger partial charge on any atom is 0.164 e. The Bertz CT molecular complexity index is 345. The molecule has 1 aromatic rings. The van der Waals surface area contributed by atoms with Crippen molar-refractivity contribution in [2.24, 2.45) is 0 Å². The Morgan fingerprint density at radius 2 is 2.19 bits per heavy atom. The van der Waals surface area contributed by atoms with Crippen LogP contribution < -0.4 is 9.47 Å². The molecule has 3 heteroatoms. The second-order valence-corrected chi connectivity index (χ2v) is 4.09. The summed E-state index contributed by atoms with van der Waals surface area (Å²) in [6.07, 6.45) is 4.23. The van der Waals surface area contributed by atoms with Crippen LogP contribution in [-0.4, -0.2) is 24.9 Å². The second-order valence-electron chi connectivity index (χ2n) is 4.09. The zero-order valence-electron chi connectivity index (χ0n) is 9.61. The van der Waals surface area contributed by atoms with Crippen molar-refractivity contribution >= 4 is 0 Å². The van der Waals surface area contributed by atoms with E-state index in [0.717, 1.165) is 42.7 Å². The van der Waals surface area contributed by atoms with Crippen LogP contribution in [0.3, 0.4) is 0 Å². The quantitative estimate of drug-likeness (QED) is 0.801. The molecule has 88 valence electrons. The fourth-order valence-corrected chi connectivity index (χ4v) is 1.67. The normalized spacial score (nSPS) is 14.9. The first-order valence-corrected chi connectivity index (χ1v) is 5.78. The van der Waals surface area contributed by atoms with Crippen molar-refractivity contribution in [2.45, 2.75) is 31.8 Å². The molecule has 1 saturated carbocycles. The van der Waals surface area contributed by atoms with Crippen molar-refractivity contribution in [3.8, 4) is 11.5 Å². The molecule has 0 unspecified atom stereocenters. The number of rotatable bonds is 6. The van der Waals surface area contributed by atoms with E-state index in [0.29, 0.717) is 6.10 Å². The van der Waals surface area contributed by atoms with Gasteiger partial charge in [-0.3, -0.25) is 0 Å². The molecular weight excluding hydrogens is 204 g/mol. The zero-order valence-corrected chi connectivity index (χ0v) is 9.61. The van der Waals surface area contributed by atoms with Gasteiger partial charge in [-0.25, -0.2) is 0 Å². The minimum Gasteiger partial charge on any atom is -0.493 e. The number of hydrogen-bond donors (Lipinski definition) is 1. The van der Waals surface area contributed by atoms with Crippen LogP contribution in [0.15, 0.2) is 18.2 Å². The highest BCUT2D eigenvalue weighted by Crippen LogP contribution is 2.36. The lowest BCUT2D eigenvalue weighted by atomic mass is 10.1. The van der Waals surface area contributed by atoms with Crippen molar-refractivity contribution < 1.29 is 14.6 Å². The van der Waals surface area contributed by atoms with Crippen LogP contribution >= 0.6 is 0 Å². The summed E-state index contributed by atoms with van der Waals surface area (Å²) in [6.45, 7) is 0.208. The van der Waals surface area contributed by atoms with Gasteiger partial charge in [-0.15, -0.1) is 0 Å². The number of methoxy groups -OCH3 is 1. The van der Waals surface area contributed by atoms with Gasteiger partial charge in [0.15, 0.2) is 11.5 Å². The van der Waals surface area contributed by atoms with Crippen LogP contribution in [0.2, 0.25) is 0 Å². The summed E-state index contributed by atoms with van der Waals surface area (Å²) < 4.78 is 11.2. The highest BCUT2D eigenvalue weighted by Gasteiger charge is 2.26. The standard InChI is InChI=1S/C13H18O3/c1-15-12-6-2-4-10(5-3-9-14)13(12)16-11-7-8-11/h2,4,6,11,14H,3,5,7-9H2,1H3. The lowest BCUT2D eigenvalue weighted by Crippen LogP contribution is -2.03. The van der Waals surface area contributed by atoms with Gasteiger partial charge in [0.25, 0.3) is 0 Å². The largest absolute Gasteiger partial charge is 0.493 e. The number of para-hydroxylation sites is 1. The van der Waals surface area contributed by atoms with Gasteiger partial charge in [0.1, 0.15) is 0 Å². The summed E-state index contributed by atoms with van der Waals surface area (Å²) >= 11 is 0. The Labute approximate surface area is 96.0 Å². The molecular formula is C13H18O3. The summed E-state index contributed by atoms with van der Waals surface area (Å²) in [4.78, 5) is 0. The highest BCUT2D eigenvalue weighted by molar-refractivity contribution is 5.47. The Hall–Kier alpha value is -1.22. The van der Waals surface area contributed by atoms with Gasteiger partial charge in [-0.05, 0) is 37.3 Å². The molecule has 1 fully saturated rings. The number of hydrogen-bond acceptors (Lipinski definition) is 3. The van der Waals surface area contributed by atoms with Crippen LogP contribution in [-0.2, 0) is 6.42 Å². The zero-order chi connectivity index (χ0) is 11.4. The fourth-order valence-electron chi connectivity index (χ4n) is 1.67. The van der Waals surface area contributed by atoms with Gasteiger partial charge in [-0.2, -0.15) is 0 Å². The molecule has 0 amide bonds. The molecule has 2 rings (SSSR count).